The Labute approximate surface area is 138 Å². The van der Waals surface area contributed by atoms with Gasteiger partial charge in [0.2, 0.25) is 0 Å². The molecule has 0 aliphatic carbocycles. The van der Waals surface area contributed by atoms with Crippen LogP contribution in [0.4, 0.5) is 0 Å². The second-order valence-electron chi connectivity index (χ2n) is 5.01. The number of aliphatic carboxylic acids is 1. The summed E-state index contributed by atoms with van der Waals surface area (Å²) in [5.74, 6) is -0.723. The summed E-state index contributed by atoms with van der Waals surface area (Å²) in [6, 6.07) is 4.97. The summed E-state index contributed by atoms with van der Waals surface area (Å²) in [4.78, 5) is 23.8. The van der Waals surface area contributed by atoms with Crippen molar-refractivity contribution in [2.45, 2.75) is 19.9 Å². The number of aryl methyl sites for hydroxylation is 2. The fourth-order valence-electron chi connectivity index (χ4n) is 2.21. The molecule has 0 bridgehead atoms. The third-order valence-corrected chi connectivity index (χ3v) is 3.57. The van der Waals surface area contributed by atoms with Gasteiger partial charge in [0.15, 0.2) is 11.8 Å². The zero-order chi connectivity index (χ0) is 17.1. The maximum atomic E-state index is 12.2. The van der Waals surface area contributed by atoms with Crippen LogP contribution in [0.25, 0.3) is 0 Å². The summed E-state index contributed by atoms with van der Waals surface area (Å²) < 4.78 is 10.3. The number of hydrogen-bond acceptors (Lipinski definition) is 4. The fourth-order valence-corrected chi connectivity index (χ4v) is 2.48. The minimum Gasteiger partial charge on any atom is -0.495 e. The lowest BCUT2D eigenvalue weighted by Gasteiger charge is -2.15. The zero-order valence-corrected chi connectivity index (χ0v) is 13.6. The maximum absolute atomic E-state index is 12.2. The van der Waals surface area contributed by atoms with Crippen LogP contribution in [0.5, 0.6) is 5.75 Å². The molecule has 2 rings (SSSR count). The van der Waals surface area contributed by atoms with Gasteiger partial charge in [-0.15, -0.1) is 0 Å². The van der Waals surface area contributed by atoms with Crippen molar-refractivity contribution in [1.29, 1.82) is 0 Å². The lowest BCUT2D eigenvalue weighted by atomic mass is 10.1. The quantitative estimate of drug-likeness (QED) is 0.875. The van der Waals surface area contributed by atoms with Crippen LogP contribution in [0.1, 0.15) is 33.5 Å². The van der Waals surface area contributed by atoms with E-state index in [4.69, 9.17) is 20.8 Å². The van der Waals surface area contributed by atoms with Crippen LogP contribution in [0.15, 0.2) is 28.7 Å². The topological polar surface area (TPSA) is 88.8 Å². The van der Waals surface area contributed by atoms with Crippen molar-refractivity contribution in [3.63, 3.8) is 0 Å². The molecule has 0 aliphatic rings. The highest BCUT2D eigenvalue weighted by molar-refractivity contribution is 6.32. The molecule has 0 fully saturated rings. The minimum atomic E-state index is -1.25. The molecular weight excluding hydrogens is 322 g/mol. The standard InChI is InChI=1S/C16H16ClNO5/c1-8-6-9(2)23-14(8)15(19)18-13(16(20)21)10-4-5-12(22-3)11(17)7-10/h4-7,13H,1-3H3,(H,18,19)(H,20,21)/t13-/m1/s1. The van der Waals surface area contributed by atoms with Crippen molar-refractivity contribution in [2.75, 3.05) is 7.11 Å². The SMILES string of the molecule is COc1ccc([C@@H](NC(=O)c2oc(C)cc2C)C(=O)O)cc1Cl. The first-order chi connectivity index (χ1) is 10.8. The van der Waals surface area contributed by atoms with E-state index in [1.807, 2.05) is 0 Å². The molecule has 2 N–H and O–H groups in total. The first kappa shape index (κ1) is 16.9. The summed E-state index contributed by atoms with van der Waals surface area (Å²) in [7, 11) is 1.46. The van der Waals surface area contributed by atoms with Crippen molar-refractivity contribution in [1.82, 2.24) is 5.32 Å². The number of halogens is 1. The Morgan fingerprint density at radius 3 is 2.48 bits per heavy atom. The highest BCUT2D eigenvalue weighted by atomic mass is 35.5. The predicted molar refractivity (Wildman–Crippen MR) is 84.0 cm³/mol. The van der Waals surface area contributed by atoms with Crippen LogP contribution < -0.4 is 10.1 Å². The molecular formula is C16H16ClNO5. The molecule has 23 heavy (non-hydrogen) atoms. The van der Waals surface area contributed by atoms with Crippen molar-refractivity contribution in [2.24, 2.45) is 0 Å². The predicted octanol–water partition coefficient (Wildman–Crippen LogP) is 3.11. The minimum absolute atomic E-state index is 0.0911. The summed E-state index contributed by atoms with van der Waals surface area (Å²) >= 11 is 6.01. The lowest BCUT2D eigenvalue weighted by Crippen LogP contribution is -2.33. The van der Waals surface area contributed by atoms with Gasteiger partial charge in [-0.2, -0.15) is 0 Å². The van der Waals surface area contributed by atoms with E-state index in [9.17, 15) is 14.7 Å². The van der Waals surface area contributed by atoms with Gasteiger partial charge in [0.25, 0.3) is 5.91 Å². The van der Waals surface area contributed by atoms with Crippen LogP contribution in [0, 0.1) is 13.8 Å². The average molecular weight is 338 g/mol. The molecule has 0 saturated heterocycles. The van der Waals surface area contributed by atoms with Gasteiger partial charge in [-0.1, -0.05) is 17.7 Å². The fraction of sp³-hybridized carbons (Fsp3) is 0.250. The van der Waals surface area contributed by atoms with Gasteiger partial charge in [-0.05, 0) is 37.6 Å². The number of carboxylic acid groups (broad SMARTS) is 1. The number of hydrogen-bond donors (Lipinski definition) is 2. The number of nitrogens with one attached hydrogen (secondary N) is 1. The maximum Gasteiger partial charge on any atom is 0.330 e. The van der Waals surface area contributed by atoms with Crippen molar-refractivity contribution >= 4 is 23.5 Å². The van der Waals surface area contributed by atoms with Crippen LogP contribution in [-0.2, 0) is 4.79 Å². The number of ether oxygens (including phenoxy) is 1. The molecule has 1 heterocycles. The van der Waals surface area contributed by atoms with Gasteiger partial charge < -0.3 is 19.6 Å². The number of amides is 1. The number of methoxy groups -OCH3 is 1. The summed E-state index contributed by atoms with van der Waals surface area (Å²) in [5, 5.41) is 12.1. The van der Waals surface area contributed by atoms with E-state index in [1.54, 1.807) is 26.0 Å². The van der Waals surface area contributed by atoms with Crippen molar-refractivity contribution in [3.05, 3.63) is 51.9 Å². The molecule has 0 aliphatic heterocycles. The Bertz CT molecular complexity index is 753. The van der Waals surface area contributed by atoms with Crippen LogP contribution in [0.3, 0.4) is 0 Å². The molecule has 1 atom stereocenters. The van der Waals surface area contributed by atoms with E-state index in [1.165, 1.54) is 19.2 Å². The Morgan fingerprint density at radius 1 is 1.30 bits per heavy atom. The Kier molecular flexibility index (Phi) is 4.95. The van der Waals surface area contributed by atoms with E-state index < -0.39 is 17.9 Å². The molecule has 7 heteroatoms. The molecule has 0 radical (unpaired) electrons. The van der Waals surface area contributed by atoms with Gasteiger partial charge in [-0.3, -0.25) is 4.79 Å². The largest absolute Gasteiger partial charge is 0.495 e. The summed E-state index contributed by atoms with van der Waals surface area (Å²) in [5.41, 5.74) is 0.967. The van der Waals surface area contributed by atoms with Crippen LogP contribution in [-0.4, -0.2) is 24.1 Å². The van der Waals surface area contributed by atoms with Crippen LogP contribution in [0.2, 0.25) is 5.02 Å². The normalized spacial score (nSPS) is 11.8. The average Bonchev–Trinajstić information content (AvgIpc) is 2.83. The number of benzene rings is 1. The summed E-state index contributed by atoms with van der Waals surface area (Å²) in [6.07, 6.45) is 0. The van der Waals surface area contributed by atoms with Gasteiger partial charge in [0.1, 0.15) is 11.5 Å². The Hall–Kier alpha value is -2.47. The Balaban J connectivity index is 2.29. The van der Waals surface area contributed by atoms with E-state index >= 15 is 0 Å². The van der Waals surface area contributed by atoms with E-state index in [-0.39, 0.29) is 10.8 Å². The number of rotatable bonds is 5. The number of carbonyl (C=O) groups excluding carboxylic acids is 1. The first-order valence-electron chi connectivity index (χ1n) is 6.77. The highest BCUT2D eigenvalue weighted by Crippen LogP contribution is 2.28. The van der Waals surface area contributed by atoms with E-state index in [0.717, 1.165) is 0 Å². The molecule has 122 valence electrons. The Morgan fingerprint density at radius 2 is 2.00 bits per heavy atom. The van der Waals surface area contributed by atoms with Crippen LogP contribution >= 0.6 is 11.6 Å². The molecule has 0 unspecified atom stereocenters. The first-order valence-corrected chi connectivity index (χ1v) is 7.15. The van der Waals surface area contributed by atoms with E-state index in [2.05, 4.69) is 5.32 Å². The van der Waals surface area contributed by atoms with E-state index in [0.29, 0.717) is 22.6 Å². The molecule has 1 aromatic carbocycles. The van der Waals surface area contributed by atoms with Gasteiger partial charge in [0.05, 0.1) is 12.1 Å². The second kappa shape index (κ2) is 6.75. The molecule has 6 nitrogen and oxygen atoms in total. The lowest BCUT2D eigenvalue weighted by molar-refractivity contribution is -0.139. The number of carbonyl (C=O) groups is 2. The summed E-state index contributed by atoms with van der Waals surface area (Å²) in [6.45, 7) is 3.42. The molecule has 0 saturated carbocycles. The monoisotopic (exact) mass is 337 g/mol. The second-order valence-corrected chi connectivity index (χ2v) is 5.42. The molecule has 1 amide bonds. The molecule has 2 aromatic rings. The zero-order valence-electron chi connectivity index (χ0n) is 12.8. The van der Waals surface area contributed by atoms with Crippen molar-refractivity contribution in [3.8, 4) is 5.75 Å². The molecule has 1 aromatic heterocycles. The van der Waals surface area contributed by atoms with Gasteiger partial charge >= 0.3 is 5.97 Å². The smallest absolute Gasteiger partial charge is 0.330 e. The number of carboxylic acids is 1. The van der Waals surface area contributed by atoms with Gasteiger partial charge in [0, 0.05) is 5.56 Å². The molecule has 0 spiro atoms. The highest BCUT2D eigenvalue weighted by Gasteiger charge is 2.25. The third-order valence-electron chi connectivity index (χ3n) is 3.28. The van der Waals surface area contributed by atoms with Gasteiger partial charge in [-0.25, -0.2) is 4.79 Å². The van der Waals surface area contributed by atoms with Crippen molar-refractivity contribution < 1.29 is 23.8 Å². The third kappa shape index (κ3) is 3.65. The number of furan rings is 1.